The smallest absolute Gasteiger partial charge is 0.254 e. The van der Waals surface area contributed by atoms with Gasteiger partial charge in [0.2, 0.25) is 0 Å². The summed E-state index contributed by atoms with van der Waals surface area (Å²) >= 11 is 5.83. The van der Waals surface area contributed by atoms with E-state index in [0.717, 1.165) is 5.69 Å². The van der Waals surface area contributed by atoms with Gasteiger partial charge in [-0.1, -0.05) is 25.4 Å². The van der Waals surface area contributed by atoms with Crippen molar-refractivity contribution in [3.05, 3.63) is 28.5 Å². The average molecular weight is 271 g/mol. The molecule has 1 fully saturated rings. The van der Waals surface area contributed by atoms with Crippen molar-refractivity contribution in [2.45, 2.75) is 20.8 Å². The van der Waals surface area contributed by atoms with E-state index >= 15 is 0 Å². The van der Waals surface area contributed by atoms with Gasteiger partial charge in [-0.2, -0.15) is 0 Å². The molecule has 1 aliphatic rings. The zero-order chi connectivity index (χ0) is 13.5. The molecule has 2 heterocycles. The van der Waals surface area contributed by atoms with Crippen LogP contribution in [0.15, 0.2) is 12.1 Å². The van der Waals surface area contributed by atoms with Gasteiger partial charge in [-0.05, 0) is 19.1 Å². The second-order valence-electron chi connectivity index (χ2n) is 3.72. The molecule has 1 aliphatic heterocycles. The number of rotatable bonds is 1. The Morgan fingerprint density at radius 1 is 1.33 bits per heavy atom. The van der Waals surface area contributed by atoms with Gasteiger partial charge in [0, 0.05) is 24.3 Å². The van der Waals surface area contributed by atoms with Crippen molar-refractivity contribution in [2.75, 3.05) is 26.3 Å². The predicted octanol–water partition coefficient (Wildman–Crippen LogP) is 2.54. The van der Waals surface area contributed by atoms with Crippen LogP contribution in [0.1, 0.15) is 29.9 Å². The Balaban J connectivity index is 0.000000771. The first-order valence-electron chi connectivity index (χ1n) is 6.18. The van der Waals surface area contributed by atoms with Crippen molar-refractivity contribution in [3.63, 3.8) is 0 Å². The van der Waals surface area contributed by atoms with E-state index in [1.54, 1.807) is 17.0 Å². The number of carbonyl (C=O) groups excluding carboxylic acids is 1. The summed E-state index contributed by atoms with van der Waals surface area (Å²) in [5, 5.41) is 0.358. The Morgan fingerprint density at radius 3 is 2.50 bits per heavy atom. The highest BCUT2D eigenvalue weighted by Gasteiger charge is 2.19. The second kappa shape index (κ2) is 7.34. The first-order chi connectivity index (χ1) is 8.66. The van der Waals surface area contributed by atoms with Crippen LogP contribution < -0.4 is 0 Å². The highest BCUT2D eigenvalue weighted by molar-refractivity contribution is 6.29. The van der Waals surface area contributed by atoms with Crippen molar-refractivity contribution >= 4 is 17.5 Å². The SMILES string of the molecule is CC.Cc1cc(C(=O)N2CCOCC2)cc(Cl)n1. The Hall–Kier alpha value is -1.13. The van der Waals surface area contributed by atoms with Crippen LogP contribution in [-0.2, 0) is 4.74 Å². The number of hydrogen-bond donors (Lipinski definition) is 0. The molecule has 0 spiro atoms. The number of nitrogens with zero attached hydrogens (tertiary/aromatic N) is 2. The highest BCUT2D eigenvalue weighted by atomic mass is 35.5. The molecule has 0 saturated carbocycles. The topological polar surface area (TPSA) is 42.4 Å². The van der Waals surface area contributed by atoms with E-state index in [4.69, 9.17) is 16.3 Å². The van der Waals surface area contributed by atoms with Crippen LogP contribution in [0.3, 0.4) is 0 Å². The molecule has 5 heteroatoms. The Morgan fingerprint density at radius 2 is 1.94 bits per heavy atom. The van der Waals surface area contributed by atoms with Crippen LogP contribution in [0, 0.1) is 6.92 Å². The van der Waals surface area contributed by atoms with Crippen LogP contribution >= 0.6 is 11.6 Å². The van der Waals surface area contributed by atoms with Gasteiger partial charge in [0.25, 0.3) is 5.91 Å². The van der Waals surface area contributed by atoms with Gasteiger partial charge >= 0.3 is 0 Å². The van der Waals surface area contributed by atoms with E-state index in [1.165, 1.54) is 0 Å². The van der Waals surface area contributed by atoms with Crippen LogP contribution in [0.4, 0.5) is 0 Å². The fraction of sp³-hybridized carbons (Fsp3) is 0.538. The normalized spacial score (nSPS) is 14.8. The molecule has 0 aromatic carbocycles. The molecule has 2 rings (SSSR count). The third kappa shape index (κ3) is 3.96. The summed E-state index contributed by atoms with van der Waals surface area (Å²) in [4.78, 5) is 17.9. The quantitative estimate of drug-likeness (QED) is 0.737. The molecular formula is C13H19ClN2O2. The van der Waals surface area contributed by atoms with Gasteiger partial charge in [-0.25, -0.2) is 4.98 Å². The summed E-state index contributed by atoms with van der Waals surface area (Å²) in [6, 6.07) is 3.36. The summed E-state index contributed by atoms with van der Waals surface area (Å²) in [5.41, 5.74) is 1.35. The number of ether oxygens (including phenoxy) is 1. The number of aromatic nitrogens is 1. The zero-order valence-corrected chi connectivity index (χ0v) is 11.8. The fourth-order valence-electron chi connectivity index (χ4n) is 1.70. The maximum Gasteiger partial charge on any atom is 0.254 e. The average Bonchev–Trinajstić information content (AvgIpc) is 2.40. The lowest BCUT2D eigenvalue weighted by Gasteiger charge is -2.26. The van der Waals surface area contributed by atoms with Gasteiger partial charge in [0.1, 0.15) is 5.15 Å². The molecule has 1 saturated heterocycles. The molecule has 0 aliphatic carbocycles. The summed E-state index contributed by atoms with van der Waals surface area (Å²) < 4.78 is 5.20. The van der Waals surface area contributed by atoms with E-state index in [1.807, 2.05) is 20.8 Å². The minimum Gasteiger partial charge on any atom is -0.378 e. The standard InChI is InChI=1S/C11H13ClN2O2.C2H6/c1-8-6-9(7-10(12)13-8)11(15)14-2-4-16-5-3-14;1-2/h6-7H,2-5H2,1H3;1-2H3. The zero-order valence-electron chi connectivity index (χ0n) is 11.1. The summed E-state index contributed by atoms with van der Waals surface area (Å²) in [6.45, 7) is 8.30. The minimum atomic E-state index is -0.00398. The monoisotopic (exact) mass is 270 g/mol. The third-order valence-electron chi connectivity index (χ3n) is 2.47. The Labute approximate surface area is 113 Å². The summed E-state index contributed by atoms with van der Waals surface area (Å²) in [7, 11) is 0. The maximum atomic E-state index is 12.1. The lowest BCUT2D eigenvalue weighted by molar-refractivity contribution is 0.0303. The second-order valence-corrected chi connectivity index (χ2v) is 4.11. The summed E-state index contributed by atoms with van der Waals surface area (Å²) in [6.07, 6.45) is 0. The van der Waals surface area contributed by atoms with E-state index in [2.05, 4.69) is 4.98 Å². The number of amides is 1. The van der Waals surface area contributed by atoms with Crippen molar-refractivity contribution in [1.82, 2.24) is 9.88 Å². The molecule has 4 nitrogen and oxygen atoms in total. The molecule has 1 amide bonds. The fourth-order valence-corrected chi connectivity index (χ4v) is 1.95. The van der Waals surface area contributed by atoms with Crippen LogP contribution in [0.5, 0.6) is 0 Å². The number of pyridine rings is 1. The molecule has 1 aromatic rings. The van der Waals surface area contributed by atoms with Gasteiger partial charge in [-0.15, -0.1) is 0 Å². The Bertz CT molecular complexity index is 384. The van der Waals surface area contributed by atoms with Gasteiger partial charge in [0.15, 0.2) is 0 Å². The number of hydrogen-bond acceptors (Lipinski definition) is 3. The maximum absolute atomic E-state index is 12.1. The van der Waals surface area contributed by atoms with Crippen molar-refractivity contribution in [1.29, 1.82) is 0 Å². The molecule has 0 bridgehead atoms. The molecule has 0 atom stereocenters. The molecule has 0 unspecified atom stereocenters. The number of halogens is 1. The summed E-state index contributed by atoms with van der Waals surface area (Å²) in [5.74, 6) is -0.00398. The van der Waals surface area contributed by atoms with Crippen molar-refractivity contribution in [3.8, 4) is 0 Å². The van der Waals surface area contributed by atoms with Crippen LogP contribution in [0.2, 0.25) is 5.15 Å². The molecule has 18 heavy (non-hydrogen) atoms. The first kappa shape index (κ1) is 14.9. The lowest BCUT2D eigenvalue weighted by atomic mass is 10.2. The van der Waals surface area contributed by atoms with E-state index in [-0.39, 0.29) is 5.91 Å². The van der Waals surface area contributed by atoms with Crippen LogP contribution in [0.25, 0.3) is 0 Å². The highest BCUT2D eigenvalue weighted by Crippen LogP contribution is 2.13. The van der Waals surface area contributed by atoms with Crippen molar-refractivity contribution in [2.24, 2.45) is 0 Å². The Kier molecular flexibility index (Phi) is 6.09. The van der Waals surface area contributed by atoms with Crippen LogP contribution in [-0.4, -0.2) is 42.1 Å². The molecular weight excluding hydrogens is 252 g/mol. The predicted molar refractivity (Wildman–Crippen MR) is 72.1 cm³/mol. The minimum absolute atomic E-state index is 0.00398. The van der Waals surface area contributed by atoms with E-state index in [9.17, 15) is 4.79 Å². The van der Waals surface area contributed by atoms with Gasteiger partial charge in [0.05, 0.1) is 13.2 Å². The third-order valence-corrected chi connectivity index (χ3v) is 2.66. The molecule has 1 aromatic heterocycles. The lowest BCUT2D eigenvalue weighted by Crippen LogP contribution is -2.40. The molecule has 0 N–H and O–H groups in total. The number of morpholine rings is 1. The van der Waals surface area contributed by atoms with Crippen molar-refractivity contribution < 1.29 is 9.53 Å². The van der Waals surface area contributed by atoms with Gasteiger partial charge in [-0.3, -0.25) is 4.79 Å². The first-order valence-corrected chi connectivity index (χ1v) is 6.56. The largest absolute Gasteiger partial charge is 0.378 e. The number of carbonyl (C=O) groups is 1. The van der Waals surface area contributed by atoms with Gasteiger partial charge < -0.3 is 9.64 Å². The van der Waals surface area contributed by atoms with E-state index in [0.29, 0.717) is 37.0 Å². The molecule has 0 radical (unpaired) electrons. The number of aryl methyl sites for hydroxylation is 1. The molecule has 100 valence electrons. The van der Waals surface area contributed by atoms with E-state index < -0.39 is 0 Å².